The van der Waals surface area contributed by atoms with Gasteiger partial charge in [0.1, 0.15) is 31.9 Å². The molecular weight excluding hydrogens is 1140 g/mol. The Hall–Kier alpha value is -10.7. The van der Waals surface area contributed by atoms with Gasteiger partial charge in [-0.3, -0.25) is 44.0 Å². The van der Waals surface area contributed by atoms with Crippen LogP contribution in [0.25, 0.3) is 0 Å². The fourth-order valence-corrected chi connectivity index (χ4v) is 11.2. The molecule has 24 nitrogen and oxygen atoms in total. The molecule has 0 bridgehead atoms. The van der Waals surface area contributed by atoms with Gasteiger partial charge in [-0.2, -0.15) is 0 Å². The molecule has 4 aliphatic heterocycles. The van der Waals surface area contributed by atoms with E-state index in [0.717, 1.165) is 22.5 Å². The van der Waals surface area contributed by atoms with Crippen LogP contribution in [0.1, 0.15) is 88.1 Å². The lowest BCUT2D eigenvalue weighted by molar-refractivity contribution is -0.139. The zero-order valence-corrected chi connectivity index (χ0v) is 49.4. The molecule has 89 heavy (non-hydrogen) atoms. The summed E-state index contributed by atoms with van der Waals surface area (Å²) in [5, 5.41) is 25.7. The summed E-state index contributed by atoms with van der Waals surface area (Å²) in [5.74, 6) is -2.58. The summed E-state index contributed by atoms with van der Waals surface area (Å²) < 4.78 is 30.2. The van der Waals surface area contributed by atoms with Crippen LogP contribution in [0.2, 0.25) is 0 Å². The molecule has 0 aromatic heterocycles. The van der Waals surface area contributed by atoms with Crippen molar-refractivity contribution in [1.82, 2.24) is 16.0 Å². The van der Waals surface area contributed by atoms with Crippen LogP contribution < -0.4 is 66.4 Å². The number of nitrogens with one attached hydrogen (secondary N) is 6. The molecule has 462 valence electrons. The van der Waals surface area contributed by atoms with Crippen molar-refractivity contribution in [1.29, 1.82) is 0 Å². The molecule has 0 unspecified atom stereocenters. The number of benzene rings is 6. The number of aliphatic carboxylic acids is 1. The number of carbonyl (C=O) groups excluding carboxylic acids is 7. The summed E-state index contributed by atoms with van der Waals surface area (Å²) in [6.45, 7) is 3.73. The van der Waals surface area contributed by atoms with Crippen molar-refractivity contribution in [2.45, 2.75) is 96.4 Å². The average Bonchev–Trinajstić information content (AvgIpc) is 1.69. The Morgan fingerprint density at radius 2 is 1.33 bits per heavy atom. The summed E-state index contributed by atoms with van der Waals surface area (Å²) in [5.41, 5.74) is 13.3. The number of amides is 8. The molecule has 6 aromatic carbocycles. The van der Waals surface area contributed by atoms with E-state index in [4.69, 9.17) is 39.5 Å². The third-order valence-corrected chi connectivity index (χ3v) is 15.6. The van der Waals surface area contributed by atoms with Crippen molar-refractivity contribution in [3.8, 4) is 23.0 Å². The second-order valence-electron chi connectivity index (χ2n) is 22.1. The number of rotatable bonds is 24. The standard InChI is InChI=1S/C65H68N10O14/c1-36(2)59(73-57(76)19-20-58(77)78)61(80)72-48(12-9-21-67-64(66)83)60(79)70-42-17-15-37(16-18-42)33-89-65(84)71-43-23-38(34-87-55-29-49-46(27-53(55)85-3)62(81)74-44(31-68-49)25-40-10-5-7-13-51(40)74)22-39(24-43)35-88-56-30-50-47(28-54(56)86-4)63(82)75-45(32-69-50)26-41-11-6-8-14-52(41)75/h5-8,10-11,13-18,22-24,27-31,36,44-45,48,59,69H,9,12,19-21,25-26,32-35H2,1-4H3,(H,70,79)(H,71,84)(H,72,80)(H,73,76)(H,77,78)(H3,66,67,83)/t44-,45-,48-,59-/m0/s1. The smallest absolute Gasteiger partial charge is 0.411 e. The quantitative estimate of drug-likeness (QED) is 0.0268. The fourth-order valence-electron chi connectivity index (χ4n) is 11.2. The Morgan fingerprint density at radius 3 is 1.99 bits per heavy atom. The molecule has 4 aliphatic rings. The normalized spacial score (nSPS) is 15.6. The predicted octanol–water partition coefficient (Wildman–Crippen LogP) is 7.77. The van der Waals surface area contributed by atoms with Gasteiger partial charge >= 0.3 is 18.1 Å². The molecule has 0 spiro atoms. The number of carboxylic acids is 1. The van der Waals surface area contributed by atoms with Crippen LogP contribution >= 0.6 is 0 Å². The first-order valence-electron chi connectivity index (χ1n) is 29.0. The van der Waals surface area contributed by atoms with Gasteiger partial charge in [-0.05, 0) is 108 Å². The molecule has 0 saturated carbocycles. The van der Waals surface area contributed by atoms with Crippen LogP contribution in [0.15, 0.2) is 120 Å². The molecule has 4 heterocycles. The van der Waals surface area contributed by atoms with Gasteiger partial charge in [0.15, 0.2) is 23.0 Å². The Kier molecular flexibility index (Phi) is 18.9. The van der Waals surface area contributed by atoms with E-state index in [1.807, 2.05) is 59.5 Å². The highest BCUT2D eigenvalue weighted by atomic mass is 16.5. The maximum Gasteiger partial charge on any atom is 0.411 e. The first-order valence-corrected chi connectivity index (χ1v) is 29.0. The molecule has 10 rings (SSSR count). The van der Waals surface area contributed by atoms with Gasteiger partial charge in [-0.1, -0.05) is 62.4 Å². The van der Waals surface area contributed by atoms with E-state index in [-0.39, 0.29) is 69.5 Å². The maximum absolute atomic E-state index is 14.2. The number of nitrogens with zero attached hydrogens (tertiary/aromatic N) is 3. The third kappa shape index (κ3) is 14.4. The lowest BCUT2D eigenvalue weighted by Gasteiger charge is -2.25. The van der Waals surface area contributed by atoms with Crippen LogP contribution in [0, 0.1) is 5.92 Å². The molecular formula is C65H68N10O14. The van der Waals surface area contributed by atoms with Crippen molar-refractivity contribution in [3.05, 3.63) is 154 Å². The Bertz CT molecular complexity index is 3760. The van der Waals surface area contributed by atoms with E-state index >= 15 is 0 Å². The predicted molar refractivity (Wildman–Crippen MR) is 330 cm³/mol. The number of anilines is 5. The van der Waals surface area contributed by atoms with Crippen molar-refractivity contribution in [3.63, 3.8) is 0 Å². The molecule has 0 saturated heterocycles. The molecule has 0 radical (unpaired) electrons. The zero-order valence-electron chi connectivity index (χ0n) is 49.4. The average molecular weight is 1210 g/mol. The number of fused-ring (bicyclic) bond motifs is 8. The van der Waals surface area contributed by atoms with Gasteiger partial charge in [0, 0.05) is 67.0 Å². The van der Waals surface area contributed by atoms with Gasteiger partial charge in [0.25, 0.3) is 11.8 Å². The van der Waals surface area contributed by atoms with Gasteiger partial charge in [-0.15, -0.1) is 0 Å². The largest absolute Gasteiger partial charge is 0.493 e. The van der Waals surface area contributed by atoms with E-state index in [9.17, 15) is 38.4 Å². The van der Waals surface area contributed by atoms with E-state index in [0.29, 0.717) is 93.0 Å². The minimum absolute atomic E-state index is 0.0298. The number of ether oxygens (including phenoxy) is 5. The number of hydrogen-bond donors (Lipinski definition) is 8. The molecule has 4 atom stereocenters. The molecule has 0 fully saturated rings. The lowest BCUT2D eigenvalue weighted by Crippen LogP contribution is -2.54. The monoisotopic (exact) mass is 1210 g/mol. The van der Waals surface area contributed by atoms with E-state index in [2.05, 4.69) is 31.9 Å². The van der Waals surface area contributed by atoms with Crippen molar-refractivity contribution in [2.24, 2.45) is 16.6 Å². The number of hydrogen-bond acceptors (Lipinski definition) is 15. The Labute approximate surface area is 512 Å². The Morgan fingerprint density at radius 1 is 0.685 bits per heavy atom. The van der Waals surface area contributed by atoms with E-state index in [1.54, 1.807) is 85.6 Å². The minimum atomic E-state index is -1.17. The van der Waals surface area contributed by atoms with Crippen LogP contribution in [-0.2, 0) is 56.6 Å². The summed E-state index contributed by atoms with van der Waals surface area (Å²) >= 11 is 0. The number of carboxylic acid groups (broad SMARTS) is 1. The second kappa shape index (κ2) is 27.4. The fraction of sp³-hybridized carbons (Fsp3) is 0.308. The minimum Gasteiger partial charge on any atom is -0.493 e. The topological polar surface area (TPSA) is 320 Å². The molecule has 6 aromatic rings. The highest BCUT2D eigenvalue weighted by Gasteiger charge is 2.39. The maximum atomic E-state index is 14.2. The lowest BCUT2D eigenvalue weighted by atomic mass is 10.0. The van der Waals surface area contributed by atoms with E-state index < -0.39 is 60.2 Å². The highest BCUT2D eigenvalue weighted by molar-refractivity contribution is 6.15. The van der Waals surface area contributed by atoms with E-state index in [1.165, 1.54) is 14.2 Å². The van der Waals surface area contributed by atoms with Gasteiger partial charge in [0.05, 0.1) is 55.2 Å². The summed E-state index contributed by atoms with van der Waals surface area (Å²) in [6.07, 6.45) is 1.85. The number of nitrogens with two attached hydrogens (primary N) is 1. The van der Waals surface area contributed by atoms with Gasteiger partial charge in [-0.25, -0.2) is 9.59 Å². The van der Waals surface area contributed by atoms with Crippen LogP contribution in [0.4, 0.5) is 43.7 Å². The number of aliphatic imine (C=N–C) groups is 1. The van der Waals surface area contributed by atoms with Crippen LogP contribution in [0.5, 0.6) is 23.0 Å². The first kappa shape index (κ1) is 61.4. The zero-order chi connectivity index (χ0) is 62.9. The van der Waals surface area contributed by atoms with Crippen LogP contribution in [-0.4, -0.2) is 110 Å². The molecule has 0 aliphatic carbocycles. The summed E-state index contributed by atoms with van der Waals surface area (Å²) in [7, 11) is 2.98. The third-order valence-electron chi connectivity index (χ3n) is 15.6. The number of carbonyl (C=O) groups is 8. The number of primary amides is 1. The van der Waals surface area contributed by atoms with Crippen molar-refractivity contribution >= 4 is 88.0 Å². The first-order chi connectivity index (χ1) is 42.9. The highest BCUT2D eigenvalue weighted by Crippen LogP contribution is 2.43. The summed E-state index contributed by atoms with van der Waals surface area (Å²) in [4.78, 5) is 112. The van der Waals surface area contributed by atoms with Crippen LogP contribution in [0.3, 0.4) is 0 Å². The van der Waals surface area contributed by atoms with Crippen molar-refractivity contribution in [2.75, 3.05) is 53.1 Å². The molecule has 8 amide bonds. The number of methoxy groups -OCH3 is 2. The number of urea groups is 1. The second-order valence-corrected chi connectivity index (χ2v) is 22.1. The summed E-state index contributed by atoms with van der Waals surface area (Å²) in [6, 6.07) is 30.7. The van der Waals surface area contributed by atoms with Gasteiger partial charge < -0.3 is 66.0 Å². The Balaban J connectivity index is 0.834. The van der Waals surface area contributed by atoms with Crippen molar-refractivity contribution < 1.29 is 67.1 Å². The molecule has 9 N–H and O–H groups in total. The number of para-hydroxylation sites is 2. The SMILES string of the molecule is COc1cc2c(cc1OCc1cc(COc3cc4c(cc3OC)C(=O)N3c5ccccc5C[C@H]3CN4)cc(NC(=O)OCc3ccc(NC(=O)[C@H](CCCNC(N)=O)NC(=O)[C@@H](NC(=O)CCC(=O)O)C(C)C)cc3)c1)N=C[C@@H]1Cc3ccccc3N1C2=O. The van der Waals surface area contributed by atoms with Gasteiger partial charge in [0.2, 0.25) is 17.7 Å². The molecule has 24 heteroatoms.